The smallest absolute Gasteiger partial charge is 0.249 e. The maximum Gasteiger partial charge on any atom is 0.249 e. The summed E-state index contributed by atoms with van der Waals surface area (Å²) in [5.41, 5.74) is 13.4. The first kappa shape index (κ1) is 28.7. The maximum atomic E-state index is 14.6. The third-order valence-electron chi connectivity index (χ3n) is 11.4. The van der Waals surface area contributed by atoms with E-state index in [9.17, 15) is 8.78 Å². The fourth-order valence-electron chi connectivity index (χ4n) is 9.35. The van der Waals surface area contributed by atoms with Crippen molar-refractivity contribution >= 4 is 84.5 Å². The molecule has 2 aliphatic heterocycles. The van der Waals surface area contributed by atoms with Crippen LogP contribution in [0.15, 0.2) is 149 Å². The van der Waals surface area contributed by atoms with E-state index in [-0.39, 0.29) is 23.8 Å². The maximum absolute atomic E-state index is 14.6. The fourth-order valence-corrected chi connectivity index (χ4v) is 9.35. The molecule has 0 atom stereocenters. The van der Waals surface area contributed by atoms with Gasteiger partial charge in [0, 0.05) is 61.0 Å². The minimum absolute atomic E-state index is 0.162. The van der Waals surface area contributed by atoms with Crippen molar-refractivity contribution in [2.45, 2.75) is 19.3 Å². The van der Waals surface area contributed by atoms with Gasteiger partial charge in [-0.15, -0.1) is 0 Å². The second-order valence-electron chi connectivity index (χ2n) is 14.3. The molecule has 7 aromatic carbocycles. The van der Waals surface area contributed by atoms with Gasteiger partial charge in [0.2, 0.25) is 6.71 Å². The zero-order valence-electron chi connectivity index (χ0n) is 27.9. The van der Waals surface area contributed by atoms with Crippen LogP contribution in [-0.2, 0) is 5.41 Å². The van der Waals surface area contributed by atoms with E-state index in [0.29, 0.717) is 0 Å². The number of benzene rings is 7. The van der Waals surface area contributed by atoms with E-state index < -0.39 is 0 Å². The zero-order valence-corrected chi connectivity index (χ0v) is 27.9. The Labute approximate surface area is 293 Å². The second-order valence-corrected chi connectivity index (χ2v) is 14.3. The second kappa shape index (κ2) is 9.98. The normalized spacial score (nSPS) is 15.4. The molecule has 11 rings (SSSR count). The largest absolute Gasteiger partial charge is 0.455 e. The number of nitrogens with zero attached hydrogens (tertiary/aromatic N) is 2. The molecule has 242 valence electrons. The van der Waals surface area contributed by atoms with E-state index in [1.165, 1.54) is 46.3 Å². The third-order valence-corrected chi connectivity index (χ3v) is 11.4. The van der Waals surface area contributed by atoms with Gasteiger partial charge in [0.1, 0.15) is 22.8 Å². The third kappa shape index (κ3) is 3.66. The van der Waals surface area contributed by atoms with Crippen LogP contribution in [0.3, 0.4) is 0 Å². The van der Waals surface area contributed by atoms with Crippen LogP contribution in [0.2, 0.25) is 0 Å². The number of anilines is 5. The van der Waals surface area contributed by atoms with Crippen molar-refractivity contribution in [3.8, 4) is 0 Å². The quantitative estimate of drug-likeness (QED) is 0.172. The Hall–Kier alpha value is -6.14. The van der Waals surface area contributed by atoms with Crippen LogP contribution in [0.4, 0.5) is 37.2 Å². The molecule has 0 amide bonds. The molecule has 51 heavy (non-hydrogen) atoms. The van der Waals surface area contributed by atoms with E-state index in [4.69, 9.17) is 4.42 Å². The van der Waals surface area contributed by atoms with Gasteiger partial charge < -0.3 is 14.2 Å². The summed E-state index contributed by atoms with van der Waals surface area (Å²) < 4.78 is 35.9. The lowest BCUT2D eigenvalue weighted by atomic mass is 9.29. The van der Waals surface area contributed by atoms with Gasteiger partial charge in [-0.25, -0.2) is 8.78 Å². The molecule has 6 heteroatoms. The molecular formula is C45H29BF2N2O. The van der Waals surface area contributed by atoms with Crippen LogP contribution < -0.4 is 20.7 Å². The Balaban J connectivity index is 1.38. The highest BCUT2D eigenvalue weighted by Gasteiger charge is 2.53. The summed E-state index contributed by atoms with van der Waals surface area (Å²) in [6.45, 7) is 4.51. The molecule has 1 aromatic heterocycles. The number of allylic oxidation sites excluding steroid dienone is 1. The Morgan fingerprint density at radius 1 is 0.569 bits per heavy atom. The molecule has 3 heterocycles. The summed E-state index contributed by atoms with van der Waals surface area (Å²) in [5, 5.41) is 4.24. The van der Waals surface area contributed by atoms with Gasteiger partial charge in [-0.2, -0.15) is 0 Å². The lowest BCUT2D eigenvalue weighted by Gasteiger charge is -2.46. The number of fused-ring (bicyclic) bond motifs is 12. The van der Waals surface area contributed by atoms with E-state index in [0.717, 1.165) is 72.3 Å². The molecule has 1 aliphatic carbocycles. The van der Waals surface area contributed by atoms with Gasteiger partial charge in [0.15, 0.2) is 0 Å². The summed E-state index contributed by atoms with van der Waals surface area (Å²) in [7, 11) is 0. The SMILES string of the molecule is CC1(C)C2=C(c3ccccc31)N(c1ccc(F)cc1)c1cccc3c1B2c1c(c2ccccc2c2oc4ccccc4c12)N3c1ccc(F)cc1. The Kier molecular flexibility index (Phi) is 5.61. The number of para-hydroxylation sites is 1. The van der Waals surface area contributed by atoms with Crippen molar-refractivity contribution < 1.29 is 13.2 Å². The van der Waals surface area contributed by atoms with Crippen molar-refractivity contribution in [3.63, 3.8) is 0 Å². The first-order valence-electron chi connectivity index (χ1n) is 17.4. The summed E-state index contributed by atoms with van der Waals surface area (Å²) in [5.74, 6) is -0.560. The average Bonchev–Trinajstić information content (AvgIpc) is 3.66. The molecule has 0 N–H and O–H groups in total. The summed E-state index contributed by atoms with van der Waals surface area (Å²) in [6.07, 6.45) is 0. The van der Waals surface area contributed by atoms with Crippen molar-refractivity contribution in [2.24, 2.45) is 0 Å². The van der Waals surface area contributed by atoms with Gasteiger partial charge in [-0.1, -0.05) is 92.1 Å². The van der Waals surface area contributed by atoms with Crippen LogP contribution in [0.1, 0.15) is 25.0 Å². The Morgan fingerprint density at radius 2 is 1.16 bits per heavy atom. The highest BCUT2D eigenvalue weighted by Crippen LogP contribution is 2.57. The van der Waals surface area contributed by atoms with E-state index in [2.05, 4.69) is 103 Å². The molecule has 0 saturated carbocycles. The van der Waals surface area contributed by atoms with Crippen LogP contribution in [0.25, 0.3) is 38.4 Å². The van der Waals surface area contributed by atoms with E-state index >= 15 is 0 Å². The molecule has 0 bridgehead atoms. The number of hydrogen-bond donors (Lipinski definition) is 0. The highest BCUT2D eigenvalue weighted by atomic mass is 19.1. The van der Waals surface area contributed by atoms with E-state index in [1.54, 1.807) is 0 Å². The van der Waals surface area contributed by atoms with Crippen molar-refractivity contribution in [1.29, 1.82) is 0 Å². The number of furan rings is 1. The predicted octanol–water partition coefficient (Wildman–Crippen LogP) is 10.8. The number of rotatable bonds is 2. The molecule has 0 spiro atoms. The Bertz CT molecular complexity index is 2820. The summed E-state index contributed by atoms with van der Waals surface area (Å²) in [6, 6.07) is 45.6. The van der Waals surface area contributed by atoms with Gasteiger partial charge in [-0.3, -0.25) is 0 Å². The first-order chi connectivity index (χ1) is 24.9. The van der Waals surface area contributed by atoms with Gasteiger partial charge in [0.25, 0.3) is 0 Å². The van der Waals surface area contributed by atoms with Crippen molar-refractivity contribution in [3.05, 3.63) is 168 Å². The molecular weight excluding hydrogens is 633 g/mol. The van der Waals surface area contributed by atoms with Crippen LogP contribution in [-0.4, -0.2) is 6.71 Å². The monoisotopic (exact) mass is 662 g/mol. The molecule has 0 saturated heterocycles. The molecule has 3 aliphatic rings. The van der Waals surface area contributed by atoms with Crippen LogP contribution in [0, 0.1) is 11.6 Å². The van der Waals surface area contributed by atoms with Gasteiger partial charge >= 0.3 is 0 Å². The summed E-state index contributed by atoms with van der Waals surface area (Å²) >= 11 is 0. The van der Waals surface area contributed by atoms with E-state index in [1.807, 2.05) is 36.4 Å². The lowest BCUT2D eigenvalue weighted by molar-refractivity contribution is 0.627. The molecule has 3 nitrogen and oxygen atoms in total. The fraction of sp³-hybridized carbons (Fsp3) is 0.0667. The minimum atomic E-state index is -0.369. The predicted molar refractivity (Wildman–Crippen MR) is 206 cm³/mol. The Morgan fingerprint density at radius 3 is 1.88 bits per heavy atom. The van der Waals surface area contributed by atoms with Gasteiger partial charge in [-0.05, 0) is 83.2 Å². The standard InChI is InChI=1S/C45H29BF2N2O/c1-45(2)34-14-7-5-12-32(34)42-44(45)46-39-35(15-9-16-36(39)50(42)29-24-20-27(48)21-25-29)49(28-22-18-26(47)19-23-28)41-30-10-3-4-11-31(30)43-38(40(41)46)33-13-6-8-17-37(33)51-43/h3-25H,1-2H3. The van der Waals surface area contributed by atoms with Crippen molar-refractivity contribution in [2.75, 3.05) is 9.80 Å². The topological polar surface area (TPSA) is 19.6 Å². The number of hydrogen-bond acceptors (Lipinski definition) is 3. The van der Waals surface area contributed by atoms with Gasteiger partial charge in [0.05, 0.1) is 5.69 Å². The zero-order chi connectivity index (χ0) is 34.2. The minimum Gasteiger partial charge on any atom is -0.455 e. The van der Waals surface area contributed by atoms with Crippen LogP contribution >= 0.6 is 0 Å². The number of halogens is 2. The lowest BCUT2D eigenvalue weighted by Crippen LogP contribution is -2.57. The first-order valence-corrected chi connectivity index (χ1v) is 17.4. The summed E-state index contributed by atoms with van der Waals surface area (Å²) in [4.78, 5) is 4.65. The van der Waals surface area contributed by atoms with Crippen molar-refractivity contribution in [1.82, 2.24) is 0 Å². The van der Waals surface area contributed by atoms with Crippen LogP contribution in [0.5, 0.6) is 0 Å². The molecule has 8 aromatic rings. The highest BCUT2D eigenvalue weighted by molar-refractivity contribution is 6.98. The molecule has 0 unspecified atom stereocenters. The molecule has 0 fully saturated rings. The molecule has 0 radical (unpaired) electrons. The average molecular weight is 663 g/mol.